The molecule has 1 atom stereocenters. The second kappa shape index (κ2) is 9.71. The van der Waals surface area contributed by atoms with Gasteiger partial charge in [0.2, 0.25) is 0 Å². The number of amidine groups is 1. The molecule has 0 saturated carbocycles. The van der Waals surface area contributed by atoms with Crippen molar-refractivity contribution in [3.63, 3.8) is 0 Å². The fourth-order valence-electron chi connectivity index (χ4n) is 3.43. The van der Waals surface area contributed by atoms with Gasteiger partial charge in [0.1, 0.15) is 17.6 Å². The molecule has 2 aromatic rings. The Labute approximate surface area is 181 Å². The third-order valence-electron chi connectivity index (χ3n) is 5.10. The summed E-state index contributed by atoms with van der Waals surface area (Å²) >= 11 is 0. The van der Waals surface area contributed by atoms with Crippen molar-refractivity contribution in [2.75, 3.05) is 38.1 Å². The number of carbonyl (C=O) groups excluding carboxylic acids is 1. The van der Waals surface area contributed by atoms with Crippen molar-refractivity contribution in [2.45, 2.75) is 20.0 Å². The standard InChI is InChI=1S/C21H28FN7O2/c1-4-28(5-2)12-16-13-29(21(30)31-16)15-7-8-17(18(22)10-15)14-6-9-19(25-11-14)20(23)26-27(3)24/h6-11,16H,4-5,12-13,24H2,1-3H3,(H2,23,26). The lowest BCUT2D eigenvalue weighted by atomic mass is 10.1. The maximum Gasteiger partial charge on any atom is 0.414 e. The molecule has 0 aliphatic carbocycles. The molecule has 4 N–H and O–H groups in total. The minimum absolute atomic E-state index is 0.152. The Morgan fingerprint density at radius 3 is 2.65 bits per heavy atom. The van der Waals surface area contributed by atoms with Crippen LogP contribution in [0.2, 0.25) is 0 Å². The number of hydrazone groups is 1. The average Bonchev–Trinajstić information content (AvgIpc) is 3.11. The van der Waals surface area contributed by atoms with E-state index in [1.54, 1.807) is 31.3 Å². The molecule has 3 rings (SSSR count). The van der Waals surface area contributed by atoms with Gasteiger partial charge in [-0.25, -0.2) is 20.1 Å². The summed E-state index contributed by atoms with van der Waals surface area (Å²) in [6, 6.07) is 8.00. The van der Waals surface area contributed by atoms with E-state index >= 15 is 0 Å². The number of benzene rings is 1. The summed E-state index contributed by atoms with van der Waals surface area (Å²) in [5, 5.41) is 4.96. The number of halogens is 1. The number of aromatic nitrogens is 1. The number of anilines is 1. The minimum Gasteiger partial charge on any atom is -0.443 e. The van der Waals surface area contributed by atoms with E-state index in [2.05, 4.69) is 28.8 Å². The van der Waals surface area contributed by atoms with Crippen molar-refractivity contribution >= 4 is 17.6 Å². The number of rotatable bonds is 8. The largest absolute Gasteiger partial charge is 0.443 e. The molecule has 1 unspecified atom stereocenters. The highest BCUT2D eigenvalue weighted by Crippen LogP contribution is 2.29. The number of ether oxygens (including phenoxy) is 1. The molecular formula is C21H28FN7O2. The molecule has 9 nitrogen and oxygen atoms in total. The summed E-state index contributed by atoms with van der Waals surface area (Å²) in [6.07, 6.45) is 0.804. The van der Waals surface area contributed by atoms with Crippen LogP contribution in [0.15, 0.2) is 41.6 Å². The van der Waals surface area contributed by atoms with Gasteiger partial charge >= 0.3 is 6.09 Å². The van der Waals surface area contributed by atoms with E-state index in [1.165, 1.54) is 17.2 Å². The van der Waals surface area contributed by atoms with Crippen molar-refractivity contribution in [2.24, 2.45) is 16.7 Å². The van der Waals surface area contributed by atoms with E-state index in [-0.39, 0.29) is 11.9 Å². The van der Waals surface area contributed by atoms with Gasteiger partial charge in [0.15, 0.2) is 5.84 Å². The van der Waals surface area contributed by atoms with Gasteiger partial charge in [-0.15, -0.1) is 5.10 Å². The second-order valence-electron chi connectivity index (χ2n) is 7.26. The third-order valence-corrected chi connectivity index (χ3v) is 5.10. The maximum atomic E-state index is 14.9. The monoisotopic (exact) mass is 429 g/mol. The SMILES string of the molecule is CCN(CC)CC1CN(c2ccc(-c3ccc(/C(N)=N/N(C)N)nc3)c(F)c2)C(=O)O1. The Hall–Kier alpha value is -3.24. The van der Waals surface area contributed by atoms with Crippen molar-refractivity contribution in [3.05, 3.63) is 48.0 Å². The van der Waals surface area contributed by atoms with Crippen LogP contribution in [0.5, 0.6) is 0 Å². The van der Waals surface area contributed by atoms with Gasteiger partial charge in [0.05, 0.1) is 12.2 Å². The fourth-order valence-corrected chi connectivity index (χ4v) is 3.43. The summed E-state index contributed by atoms with van der Waals surface area (Å²) in [5.74, 6) is 5.13. The zero-order chi connectivity index (χ0) is 22.5. The number of hydrazine groups is 1. The Balaban J connectivity index is 1.75. The Bertz CT molecular complexity index is 945. The lowest BCUT2D eigenvalue weighted by Crippen LogP contribution is -2.34. The predicted molar refractivity (Wildman–Crippen MR) is 118 cm³/mol. The van der Waals surface area contributed by atoms with Crippen LogP contribution in [0.3, 0.4) is 0 Å². The molecule has 1 saturated heterocycles. The lowest BCUT2D eigenvalue weighted by molar-refractivity contribution is 0.112. The molecule has 0 spiro atoms. The number of cyclic esters (lactones) is 1. The topological polar surface area (TPSA) is 113 Å². The van der Waals surface area contributed by atoms with Crippen molar-refractivity contribution < 1.29 is 13.9 Å². The zero-order valence-electron chi connectivity index (χ0n) is 18.0. The van der Waals surface area contributed by atoms with E-state index in [0.717, 1.165) is 18.2 Å². The lowest BCUT2D eigenvalue weighted by Gasteiger charge is -2.21. The van der Waals surface area contributed by atoms with E-state index < -0.39 is 11.9 Å². The van der Waals surface area contributed by atoms with E-state index in [4.69, 9.17) is 16.3 Å². The molecule has 166 valence electrons. The third kappa shape index (κ3) is 5.28. The Kier molecular flexibility index (Phi) is 7.03. The molecule has 1 aromatic heterocycles. The first-order chi connectivity index (χ1) is 14.8. The summed E-state index contributed by atoms with van der Waals surface area (Å²) in [7, 11) is 1.54. The smallest absolute Gasteiger partial charge is 0.414 e. The van der Waals surface area contributed by atoms with E-state index in [0.29, 0.717) is 35.6 Å². The normalized spacial score (nSPS) is 16.7. The number of nitrogens with two attached hydrogens (primary N) is 2. The Morgan fingerprint density at radius 2 is 2.06 bits per heavy atom. The minimum atomic E-state index is -0.463. The molecular weight excluding hydrogens is 401 g/mol. The van der Waals surface area contributed by atoms with Gasteiger partial charge in [-0.05, 0) is 37.4 Å². The van der Waals surface area contributed by atoms with Crippen molar-refractivity contribution in [1.82, 2.24) is 15.0 Å². The number of nitrogens with zero attached hydrogens (tertiary/aromatic N) is 5. The number of hydrogen-bond acceptors (Lipinski definition) is 7. The summed E-state index contributed by atoms with van der Waals surface area (Å²) < 4.78 is 20.3. The van der Waals surface area contributed by atoms with Crippen LogP contribution in [0.25, 0.3) is 11.1 Å². The van der Waals surface area contributed by atoms with Gasteiger partial charge in [0, 0.05) is 30.9 Å². The number of carbonyl (C=O) groups is 1. The molecule has 31 heavy (non-hydrogen) atoms. The van der Waals surface area contributed by atoms with Crippen LogP contribution in [0.1, 0.15) is 19.5 Å². The first-order valence-electron chi connectivity index (χ1n) is 10.1. The van der Waals surface area contributed by atoms with Gasteiger partial charge in [0.25, 0.3) is 0 Å². The highest BCUT2D eigenvalue weighted by Gasteiger charge is 2.33. The van der Waals surface area contributed by atoms with Crippen LogP contribution < -0.4 is 16.5 Å². The first-order valence-corrected chi connectivity index (χ1v) is 10.1. The van der Waals surface area contributed by atoms with Gasteiger partial charge in [-0.1, -0.05) is 19.9 Å². The maximum absolute atomic E-state index is 14.9. The van der Waals surface area contributed by atoms with Crippen LogP contribution >= 0.6 is 0 Å². The number of hydrogen-bond donors (Lipinski definition) is 2. The van der Waals surface area contributed by atoms with Crippen LogP contribution in [0, 0.1) is 5.82 Å². The zero-order valence-corrected chi connectivity index (χ0v) is 18.0. The molecule has 1 aliphatic heterocycles. The molecule has 1 aromatic carbocycles. The van der Waals surface area contributed by atoms with Crippen LogP contribution in [-0.2, 0) is 4.74 Å². The first kappa shape index (κ1) is 22.4. The predicted octanol–water partition coefficient (Wildman–Crippen LogP) is 1.98. The molecule has 0 radical (unpaired) electrons. The number of amides is 1. The Morgan fingerprint density at radius 1 is 1.32 bits per heavy atom. The molecule has 1 amide bonds. The molecule has 0 bridgehead atoms. The molecule has 10 heteroatoms. The highest BCUT2D eigenvalue weighted by atomic mass is 19.1. The molecule has 2 heterocycles. The number of pyridine rings is 1. The quantitative estimate of drug-likeness (QED) is 0.285. The van der Waals surface area contributed by atoms with Gasteiger partial charge in [-0.3, -0.25) is 9.88 Å². The summed E-state index contributed by atoms with van der Waals surface area (Å²) in [4.78, 5) is 20.2. The number of likely N-dealkylation sites (N-methyl/N-ethyl adjacent to an activating group) is 1. The van der Waals surface area contributed by atoms with Gasteiger partial charge < -0.3 is 15.4 Å². The van der Waals surface area contributed by atoms with Crippen LogP contribution in [0.4, 0.5) is 14.9 Å². The van der Waals surface area contributed by atoms with Crippen LogP contribution in [-0.4, -0.2) is 66.3 Å². The van der Waals surface area contributed by atoms with Crippen molar-refractivity contribution in [1.29, 1.82) is 0 Å². The second-order valence-corrected chi connectivity index (χ2v) is 7.26. The highest BCUT2D eigenvalue weighted by molar-refractivity contribution is 5.95. The van der Waals surface area contributed by atoms with E-state index in [9.17, 15) is 9.18 Å². The van der Waals surface area contributed by atoms with E-state index in [1.807, 2.05) is 0 Å². The molecule has 1 aliphatic rings. The summed E-state index contributed by atoms with van der Waals surface area (Å²) in [5.41, 5.74) is 7.64. The fraction of sp³-hybridized carbons (Fsp3) is 0.381. The van der Waals surface area contributed by atoms with Crippen molar-refractivity contribution in [3.8, 4) is 11.1 Å². The summed E-state index contributed by atoms with van der Waals surface area (Å²) in [6.45, 7) is 6.91. The van der Waals surface area contributed by atoms with Gasteiger partial charge in [-0.2, -0.15) is 0 Å². The molecule has 1 fully saturated rings. The average molecular weight is 430 g/mol.